The highest BCUT2D eigenvalue weighted by Gasteiger charge is 2.23. The SMILES string of the molecule is COc1ccc(C(C)(C)CCNCC(C)C)c(Cl)c1. The van der Waals surface area contributed by atoms with Crippen LogP contribution in [0.15, 0.2) is 18.2 Å². The lowest BCUT2D eigenvalue weighted by atomic mass is 9.81. The van der Waals surface area contributed by atoms with Crippen molar-refractivity contribution in [2.24, 2.45) is 5.92 Å². The van der Waals surface area contributed by atoms with Crippen molar-refractivity contribution in [1.82, 2.24) is 5.32 Å². The minimum absolute atomic E-state index is 0.0628. The molecule has 108 valence electrons. The first-order chi connectivity index (χ1) is 8.86. The number of halogens is 1. The highest BCUT2D eigenvalue weighted by Crippen LogP contribution is 2.34. The van der Waals surface area contributed by atoms with E-state index >= 15 is 0 Å². The molecule has 0 unspecified atom stereocenters. The summed E-state index contributed by atoms with van der Waals surface area (Å²) in [5.74, 6) is 1.50. The molecule has 0 aliphatic rings. The normalized spacial score (nSPS) is 11.9. The summed E-state index contributed by atoms with van der Waals surface area (Å²) in [5, 5.41) is 4.27. The van der Waals surface area contributed by atoms with Crippen molar-refractivity contribution in [1.29, 1.82) is 0 Å². The maximum Gasteiger partial charge on any atom is 0.120 e. The molecule has 1 rings (SSSR count). The van der Waals surface area contributed by atoms with Crippen molar-refractivity contribution >= 4 is 11.6 Å². The Morgan fingerprint density at radius 3 is 2.53 bits per heavy atom. The summed E-state index contributed by atoms with van der Waals surface area (Å²) in [5.41, 5.74) is 1.24. The highest BCUT2D eigenvalue weighted by atomic mass is 35.5. The van der Waals surface area contributed by atoms with Crippen LogP contribution in [0.2, 0.25) is 5.02 Å². The number of ether oxygens (including phenoxy) is 1. The molecule has 2 nitrogen and oxygen atoms in total. The molecule has 0 atom stereocenters. The van der Waals surface area contributed by atoms with Gasteiger partial charge in [0.05, 0.1) is 7.11 Å². The van der Waals surface area contributed by atoms with Crippen molar-refractivity contribution < 1.29 is 4.74 Å². The third kappa shape index (κ3) is 5.04. The van der Waals surface area contributed by atoms with E-state index in [1.165, 1.54) is 5.56 Å². The fourth-order valence-corrected chi connectivity index (χ4v) is 2.52. The molecule has 0 spiro atoms. The molecular formula is C16H26ClNO. The molecule has 0 aliphatic heterocycles. The van der Waals surface area contributed by atoms with Crippen molar-refractivity contribution in [3.05, 3.63) is 28.8 Å². The molecule has 3 heteroatoms. The maximum atomic E-state index is 6.36. The number of methoxy groups -OCH3 is 1. The summed E-state index contributed by atoms with van der Waals surface area (Å²) in [4.78, 5) is 0. The van der Waals surface area contributed by atoms with E-state index in [0.29, 0.717) is 5.92 Å². The van der Waals surface area contributed by atoms with Crippen LogP contribution in [0, 0.1) is 5.92 Å². The van der Waals surface area contributed by atoms with Gasteiger partial charge in [0.15, 0.2) is 0 Å². The molecule has 0 bridgehead atoms. The third-order valence-electron chi connectivity index (χ3n) is 3.38. The molecule has 0 fully saturated rings. The molecule has 0 heterocycles. The van der Waals surface area contributed by atoms with Crippen molar-refractivity contribution in [2.75, 3.05) is 20.2 Å². The van der Waals surface area contributed by atoms with Gasteiger partial charge in [-0.3, -0.25) is 0 Å². The topological polar surface area (TPSA) is 21.3 Å². The van der Waals surface area contributed by atoms with Crippen LogP contribution in [0.4, 0.5) is 0 Å². The molecule has 0 aromatic heterocycles. The van der Waals surface area contributed by atoms with Crippen molar-refractivity contribution in [3.8, 4) is 5.75 Å². The predicted octanol–water partition coefficient (Wildman–Crippen LogP) is 4.26. The Morgan fingerprint density at radius 1 is 1.32 bits per heavy atom. The van der Waals surface area contributed by atoms with Gasteiger partial charge in [-0.15, -0.1) is 0 Å². The number of benzene rings is 1. The van der Waals surface area contributed by atoms with Gasteiger partial charge in [-0.25, -0.2) is 0 Å². The molecule has 0 radical (unpaired) electrons. The predicted molar refractivity (Wildman–Crippen MR) is 83.4 cm³/mol. The minimum Gasteiger partial charge on any atom is -0.497 e. The Bertz CT molecular complexity index is 402. The first-order valence-electron chi connectivity index (χ1n) is 6.91. The molecule has 1 aromatic carbocycles. The molecule has 0 aliphatic carbocycles. The molecule has 1 N–H and O–H groups in total. The summed E-state index contributed by atoms with van der Waals surface area (Å²) in [7, 11) is 1.66. The first-order valence-corrected chi connectivity index (χ1v) is 7.29. The number of hydrogen-bond donors (Lipinski definition) is 1. The molecule has 0 saturated carbocycles. The summed E-state index contributed by atoms with van der Waals surface area (Å²) in [6.07, 6.45) is 1.06. The fraction of sp³-hybridized carbons (Fsp3) is 0.625. The van der Waals surface area contributed by atoms with Crippen LogP contribution in [-0.2, 0) is 5.41 Å². The van der Waals surface area contributed by atoms with Gasteiger partial charge in [0, 0.05) is 5.02 Å². The molecule has 0 amide bonds. The summed E-state index contributed by atoms with van der Waals surface area (Å²) in [6, 6.07) is 5.94. The van der Waals surface area contributed by atoms with Crippen LogP contribution in [0.1, 0.15) is 39.7 Å². The Balaban J connectivity index is 2.66. The average molecular weight is 284 g/mol. The van der Waals surface area contributed by atoms with Gasteiger partial charge < -0.3 is 10.1 Å². The second-order valence-corrected chi connectivity index (χ2v) is 6.48. The third-order valence-corrected chi connectivity index (χ3v) is 3.70. The number of hydrogen-bond acceptors (Lipinski definition) is 2. The first kappa shape index (κ1) is 16.3. The second-order valence-electron chi connectivity index (χ2n) is 6.08. The van der Waals surface area contributed by atoms with E-state index in [-0.39, 0.29) is 5.41 Å². The van der Waals surface area contributed by atoms with E-state index in [0.717, 1.165) is 30.3 Å². The Hall–Kier alpha value is -0.730. The van der Waals surface area contributed by atoms with E-state index < -0.39 is 0 Å². The smallest absolute Gasteiger partial charge is 0.120 e. The van der Waals surface area contributed by atoms with Crippen LogP contribution in [0.5, 0.6) is 5.75 Å². The Kier molecular flexibility index (Phi) is 6.15. The standard InChI is InChI=1S/C16H26ClNO/c1-12(2)11-18-9-8-16(3,4)14-7-6-13(19-5)10-15(14)17/h6-7,10,12,18H,8-9,11H2,1-5H3. The lowest BCUT2D eigenvalue weighted by molar-refractivity contribution is 0.412. The minimum atomic E-state index is 0.0628. The van der Waals surface area contributed by atoms with Crippen LogP contribution >= 0.6 is 11.6 Å². The summed E-state index contributed by atoms with van der Waals surface area (Å²) < 4.78 is 5.19. The van der Waals surface area contributed by atoms with E-state index in [4.69, 9.17) is 16.3 Å². The molecule has 1 aromatic rings. The van der Waals surface area contributed by atoms with Crippen LogP contribution < -0.4 is 10.1 Å². The van der Waals surface area contributed by atoms with E-state index in [1.54, 1.807) is 7.11 Å². The van der Waals surface area contributed by atoms with Crippen LogP contribution in [0.3, 0.4) is 0 Å². The van der Waals surface area contributed by atoms with E-state index in [1.807, 2.05) is 12.1 Å². The van der Waals surface area contributed by atoms with Crippen LogP contribution in [-0.4, -0.2) is 20.2 Å². The van der Waals surface area contributed by atoms with Gasteiger partial charge in [0.25, 0.3) is 0 Å². The quantitative estimate of drug-likeness (QED) is 0.755. The highest BCUT2D eigenvalue weighted by molar-refractivity contribution is 6.31. The largest absolute Gasteiger partial charge is 0.497 e. The van der Waals surface area contributed by atoms with Crippen molar-refractivity contribution in [3.63, 3.8) is 0 Å². The maximum absolute atomic E-state index is 6.36. The van der Waals surface area contributed by atoms with E-state index in [2.05, 4.69) is 39.1 Å². The van der Waals surface area contributed by atoms with Gasteiger partial charge in [0.1, 0.15) is 5.75 Å². The molecule has 0 saturated heterocycles. The lowest BCUT2D eigenvalue weighted by Gasteiger charge is -2.27. The average Bonchev–Trinajstić information content (AvgIpc) is 2.34. The Labute approximate surface area is 122 Å². The zero-order chi connectivity index (χ0) is 14.5. The summed E-state index contributed by atoms with van der Waals surface area (Å²) >= 11 is 6.36. The summed E-state index contributed by atoms with van der Waals surface area (Å²) in [6.45, 7) is 11.0. The lowest BCUT2D eigenvalue weighted by Crippen LogP contribution is -2.28. The molecule has 19 heavy (non-hydrogen) atoms. The second kappa shape index (κ2) is 7.16. The number of rotatable bonds is 7. The van der Waals surface area contributed by atoms with Gasteiger partial charge in [0.2, 0.25) is 0 Å². The monoisotopic (exact) mass is 283 g/mol. The Morgan fingerprint density at radius 2 is 2.00 bits per heavy atom. The van der Waals surface area contributed by atoms with Gasteiger partial charge >= 0.3 is 0 Å². The zero-order valence-electron chi connectivity index (χ0n) is 12.7. The fourth-order valence-electron chi connectivity index (χ4n) is 2.10. The van der Waals surface area contributed by atoms with Gasteiger partial charge in [-0.2, -0.15) is 0 Å². The zero-order valence-corrected chi connectivity index (χ0v) is 13.5. The molecular weight excluding hydrogens is 258 g/mol. The van der Waals surface area contributed by atoms with Gasteiger partial charge in [-0.05, 0) is 48.5 Å². The van der Waals surface area contributed by atoms with Gasteiger partial charge in [-0.1, -0.05) is 45.4 Å². The van der Waals surface area contributed by atoms with Crippen LogP contribution in [0.25, 0.3) is 0 Å². The van der Waals surface area contributed by atoms with E-state index in [9.17, 15) is 0 Å². The van der Waals surface area contributed by atoms with Crippen molar-refractivity contribution in [2.45, 2.75) is 39.5 Å². The number of nitrogens with one attached hydrogen (secondary N) is 1.